The molecule has 0 aliphatic rings. The summed E-state index contributed by atoms with van der Waals surface area (Å²) in [5.74, 6) is 0. The zero-order valence-electron chi connectivity index (χ0n) is 3.52. The molecule has 0 nitrogen and oxygen atoms in total. The number of hydrogen-bond donors (Lipinski definition) is 0. The molecule has 0 aromatic carbocycles. The first-order chi connectivity index (χ1) is 3.43. The summed E-state index contributed by atoms with van der Waals surface area (Å²) < 4.78 is 1.27. The third kappa shape index (κ3) is 1.30. The first-order valence-electron chi connectivity index (χ1n) is 1.83. The fourth-order valence-corrected chi connectivity index (χ4v) is 1.92. The zero-order valence-corrected chi connectivity index (χ0v) is 6.09. The second-order valence-electron chi connectivity index (χ2n) is 1.07. The van der Waals surface area contributed by atoms with E-state index >= 15 is 0 Å². The zero-order chi connectivity index (χ0) is 5.11. The molecule has 2 radical (unpaired) electrons. The quantitative estimate of drug-likeness (QED) is 0.413. The molecular weight excluding hydrogens is 144 g/mol. The van der Waals surface area contributed by atoms with Gasteiger partial charge in [-0.15, -0.1) is 0 Å². The van der Waals surface area contributed by atoms with Gasteiger partial charge in [0.2, 0.25) is 8.83 Å². The molecule has 0 fully saturated rings. The van der Waals surface area contributed by atoms with Gasteiger partial charge in [-0.2, -0.15) is 22.4 Å². The lowest BCUT2D eigenvalue weighted by Crippen LogP contribution is -1.98. The number of thiophene rings is 1. The summed E-state index contributed by atoms with van der Waals surface area (Å²) in [4.78, 5) is 0. The lowest BCUT2D eigenvalue weighted by Gasteiger charge is -1.73. The lowest BCUT2D eigenvalue weighted by molar-refractivity contribution is 2.07. The van der Waals surface area contributed by atoms with Gasteiger partial charge in [0.15, 0.2) is 0 Å². The maximum atomic E-state index is 5.51. The van der Waals surface area contributed by atoms with Crippen molar-refractivity contribution in [1.82, 2.24) is 0 Å². The van der Waals surface area contributed by atoms with Crippen molar-refractivity contribution in [3.8, 4) is 0 Å². The Bertz CT molecular complexity index is 126. The molecule has 0 spiro atoms. The van der Waals surface area contributed by atoms with E-state index in [9.17, 15) is 0 Å². The highest BCUT2D eigenvalue weighted by atomic mass is 35.6. The largest absolute Gasteiger partial charge is 0.222 e. The molecule has 0 bridgehead atoms. The predicted molar refractivity (Wildman–Crippen MR) is 35.6 cm³/mol. The first-order valence-corrected chi connectivity index (χ1v) is 4.73. The van der Waals surface area contributed by atoms with Gasteiger partial charge in [0.25, 0.3) is 0 Å². The maximum absolute atomic E-state index is 5.51. The van der Waals surface area contributed by atoms with E-state index in [1.165, 1.54) is 4.50 Å². The van der Waals surface area contributed by atoms with Crippen molar-refractivity contribution >= 4 is 35.7 Å². The van der Waals surface area contributed by atoms with Gasteiger partial charge in [-0.25, -0.2) is 0 Å². The van der Waals surface area contributed by atoms with E-state index in [4.69, 9.17) is 11.1 Å². The minimum Gasteiger partial charge on any atom is -0.164 e. The summed E-state index contributed by atoms with van der Waals surface area (Å²) >= 11 is 7.21. The third-order valence-corrected chi connectivity index (χ3v) is 3.26. The molecule has 1 heterocycles. The first kappa shape index (κ1) is 5.35. The topological polar surface area (TPSA) is 0 Å². The van der Waals surface area contributed by atoms with Crippen LogP contribution in [0.15, 0.2) is 17.5 Å². The molecule has 0 aliphatic carbocycles. The molecule has 0 saturated heterocycles. The molecule has 1 aromatic heterocycles. The van der Waals surface area contributed by atoms with Crippen LogP contribution < -0.4 is 4.50 Å². The average Bonchev–Trinajstić information content (AvgIpc) is 2.14. The molecule has 1 rings (SSSR count). The summed E-state index contributed by atoms with van der Waals surface area (Å²) in [5.41, 5.74) is 0. The van der Waals surface area contributed by atoms with E-state index in [1.807, 2.05) is 17.5 Å². The van der Waals surface area contributed by atoms with Crippen LogP contribution in [0.3, 0.4) is 0 Å². The highest BCUT2D eigenvalue weighted by Crippen LogP contribution is 1.91. The van der Waals surface area contributed by atoms with Crippen molar-refractivity contribution in [3.05, 3.63) is 17.5 Å². The highest BCUT2D eigenvalue weighted by molar-refractivity contribution is 7.26. The fourth-order valence-electron chi connectivity index (χ4n) is 0.332. The predicted octanol–water partition coefficient (Wildman–Crippen LogP) is 1.23. The molecule has 0 saturated carbocycles. The number of hydrogen-bond acceptors (Lipinski definition) is 1. The van der Waals surface area contributed by atoms with E-state index in [-0.39, 0.29) is 0 Å². The van der Waals surface area contributed by atoms with E-state index in [2.05, 4.69) is 0 Å². The van der Waals surface area contributed by atoms with Crippen molar-refractivity contribution < 1.29 is 0 Å². The van der Waals surface area contributed by atoms with Crippen LogP contribution in [0.2, 0.25) is 0 Å². The van der Waals surface area contributed by atoms with Crippen molar-refractivity contribution in [3.63, 3.8) is 0 Å². The van der Waals surface area contributed by atoms with Crippen LogP contribution in [0.4, 0.5) is 0 Å². The Morgan fingerprint density at radius 2 is 2.57 bits per heavy atom. The van der Waals surface area contributed by atoms with Gasteiger partial charge >= 0.3 is 0 Å². The van der Waals surface area contributed by atoms with Crippen LogP contribution >= 0.6 is 22.4 Å². The minimum atomic E-state index is 0.445. The van der Waals surface area contributed by atoms with Gasteiger partial charge in [0.1, 0.15) is 0 Å². The van der Waals surface area contributed by atoms with Crippen LogP contribution in [-0.4, -0.2) is 8.83 Å². The fraction of sp³-hybridized carbons (Fsp3) is 0. The Morgan fingerprint density at radius 1 is 1.71 bits per heavy atom. The molecule has 0 aliphatic heterocycles. The summed E-state index contributed by atoms with van der Waals surface area (Å²) in [6.45, 7) is 0. The van der Waals surface area contributed by atoms with Crippen molar-refractivity contribution in [1.29, 1.82) is 0 Å². The normalized spacial score (nSPS) is 9.29. The van der Waals surface area contributed by atoms with E-state index < -0.39 is 0 Å². The number of rotatable bonds is 1. The SMILES string of the molecule is Cl[Si]c1cccs1. The Kier molecular flexibility index (Phi) is 1.91. The second-order valence-corrected chi connectivity index (χ2v) is 3.68. The molecular formula is C4H3ClSSi. The van der Waals surface area contributed by atoms with Crippen LogP contribution in [0, 0.1) is 0 Å². The molecule has 1 aromatic rings. The van der Waals surface area contributed by atoms with Crippen LogP contribution in [-0.2, 0) is 0 Å². The molecule has 0 amide bonds. The van der Waals surface area contributed by atoms with Crippen molar-refractivity contribution in [2.24, 2.45) is 0 Å². The third-order valence-electron chi connectivity index (χ3n) is 0.614. The summed E-state index contributed by atoms with van der Waals surface area (Å²) in [5, 5.41) is 2.03. The van der Waals surface area contributed by atoms with Crippen molar-refractivity contribution in [2.75, 3.05) is 0 Å². The van der Waals surface area contributed by atoms with Gasteiger partial charge in [-0.1, -0.05) is 12.1 Å². The standard InChI is InChI=1S/C4H3ClSSi/c5-7-4-2-1-3-6-4/h1-3H. The van der Waals surface area contributed by atoms with Crippen molar-refractivity contribution in [2.45, 2.75) is 0 Å². The summed E-state index contributed by atoms with van der Waals surface area (Å²) in [7, 11) is 0.445. The monoisotopic (exact) mass is 146 g/mol. The average molecular weight is 147 g/mol. The van der Waals surface area contributed by atoms with Crippen LogP contribution in [0.1, 0.15) is 0 Å². The van der Waals surface area contributed by atoms with Crippen LogP contribution in [0.25, 0.3) is 0 Å². The molecule has 0 atom stereocenters. The maximum Gasteiger partial charge on any atom is 0.222 e. The number of halogens is 1. The van der Waals surface area contributed by atoms with E-state index in [1.54, 1.807) is 11.3 Å². The Labute approximate surface area is 53.7 Å². The smallest absolute Gasteiger partial charge is 0.164 e. The Balaban J connectivity index is 2.76. The highest BCUT2D eigenvalue weighted by Gasteiger charge is 1.87. The van der Waals surface area contributed by atoms with E-state index in [0.717, 1.165) is 0 Å². The summed E-state index contributed by atoms with van der Waals surface area (Å²) in [6, 6.07) is 4.05. The summed E-state index contributed by atoms with van der Waals surface area (Å²) in [6.07, 6.45) is 0. The van der Waals surface area contributed by atoms with Gasteiger partial charge in [-0.3, -0.25) is 0 Å². The second kappa shape index (κ2) is 2.50. The van der Waals surface area contributed by atoms with Crippen LogP contribution in [0.5, 0.6) is 0 Å². The molecule has 3 heteroatoms. The molecule has 7 heavy (non-hydrogen) atoms. The minimum absolute atomic E-state index is 0.445. The lowest BCUT2D eigenvalue weighted by atomic mass is 10.7. The van der Waals surface area contributed by atoms with E-state index in [0.29, 0.717) is 8.83 Å². The molecule has 0 unspecified atom stereocenters. The Hall–Kier alpha value is 0.207. The Morgan fingerprint density at radius 3 is 2.86 bits per heavy atom. The van der Waals surface area contributed by atoms with Gasteiger partial charge in [-0.05, 0) is 5.38 Å². The van der Waals surface area contributed by atoms with Gasteiger partial charge in [0.05, 0.1) is 0 Å². The van der Waals surface area contributed by atoms with Gasteiger partial charge < -0.3 is 0 Å². The molecule has 0 N–H and O–H groups in total. The molecule has 36 valence electrons. The van der Waals surface area contributed by atoms with Gasteiger partial charge in [0, 0.05) is 4.50 Å².